The molecule has 0 spiro atoms. The molecule has 0 saturated carbocycles. The lowest BCUT2D eigenvalue weighted by Crippen LogP contribution is -2.31. The minimum atomic E-state index is 1.05. The van der Waals surface area contributed by atoms with E-state index in [4.69, 9.17) is 0 Å². The summed E-state index contributed by atoms with van der Waals surface area (Å²) in [6.07, 6.45) is 4.15. The zero-order valence-corrected chi connectivity index (χ0v) is 11.4. The molecular formula is C14H19N3S. The van der Waals surface area contributed by atoms with E-state index < -0.39 is 0 Å². The molecule has 0 aliphatic carbocycles. The van der Waals surface area contributed by atoms with Crippen molar-refractivity contribution in [2.45, 2.75) is 24.4 Å². The van der Waals surface area contributed by atoms with Crippen molar-refractivity contribution in [2.75, 3.05) is 25.4 Å². The number of aromatic nitrogens is 2. The number of rotatable bonds is 4. The summed E-state index contributed by atoms with van der Waals surface area (Å²) in [5.41, 5.74) is 2.20. The van der Waals surface area contributed by atoms with Crippen LogP contribution in [0.2, 0.25) is 0 Å². The fraction of sp³-hybridized carbons (Fsp3) is 0.500. The Kier molecular flexibility index (Phi) is 3.86. The minimum Gasteiger partial charge on any atom is -0.333 e. The van der Waals surface area contributed by atoms with Crippen molar-refractivity contribution in [3.05, 3.63) is 24.3 Å². The maximum absolute atomic E-state index is 4.58. The second-order valence-corrected chi connectivity index (χ2v) is 5.89. The van der Waals surface area contributed by atoms with Gasteiger partial charge in [-0.15, -0.1) is 0 Å². The molecule has 1 aliphatic heterocycles. The molecule has 0 atom stereocenters. The summed E-state index contributed by atoms with van der Waals surface area (Å²) in [5, 5.41) is 1.05. The number of hydrogen-bond acceptors (Lipinski definition) is 3. The lowest BCUT2D eigenvalue weighted by molar-refractivity contribution is 0.242. The molecule has 18 heavy (non-hydrogen) atoms. The Morgan fingerprint density at radius 3 is 2.83 bits per heavy atom. The second kappa shape index (κ2) is 5.76. The Morgan fingerprint density at radius 2 is 2.00 bits per heavy atom. The van der Waals surface area contributed by atoms with Crippen molar-refractivity contribution in [3.8, 4) is 0 Å². The average molecular weight is 261 g/mol. The molecule has 1 N–H and O–H groups in total. The van der Waals surface area contributed by atoms with E-state index in [2.05, 4.69) is 27.0 Å². The summed E-state index contributed by atoms with van der Waals surface area (Å²) in [5.74, 6) is 1.12. The third-order valence-electron chi connectivity index (χ3n) is 3.46. The van der Waals surface area contributed by atoms with Gasteiger partial charge in [0, 0.05) is 12.3 Å². The first-order valence-corrected chi connectivity index (χ1v) is 7.70. The Morgan fingerprint density at radius 1 is 1.17 bits per heavy atom. The predicted molar refractivity (Wildman–Crippen MR) is 77.1 cm³/mol. The Labute approximate surface area is 112 Å². The van der Waals surface area contributed by atoms with Crippen LogP contribution < -0.4 is 0 Å². The van der Waals surface area contributed by atoms with Gasteiger partial charge in [0.1, 0.15) is 0 Å². The van der Waals surface area contributed by atoms with Crippen LogP contribution in [0.15, 0.2) is 29.4 Å². The van der Waals surface area contributed by atoms with Gasteiger partial charge >= 0.3 is 0 Å². The highest BCUT2D eigenvalue weighted by Gasteiger charge is 2.10. The number of nitrogens with zero attached hydrogens (tertiary/aromatic N) is 2. The number of likely N-dealkylation sites (tertiary alicyclic amines) is 1. The van der Waals surface area contributed by atoms with Crippen molar-refractivity contribution in [2.24, 2.45) is 0 Å². The highest BCUT2D eigenvalue weighted by atomic mass is 32.2. The highest BCUT2D eigenvalue weighted by Crippen LogP contribution is 2.19. The van der Waals surface area contributed by atoms with Gasteiger partial charge in [-0.1, -0.05) is 30.3 Å². The number of imidazole rings is 1. The largest absolute Gasteiger partial charge is 0.333 e. The maximum atomic E-state index is 4.58. The monoisotopic (exact) mass is 261 g/mol. The Hall–Kier alpha value is -1.00. The van der Waals surface area contributed by atoms with Gasteiger partial charge in [0.15, 0.2) is 5.16 Å². The van der Waals surface area contributed by atoms with Gasteiger partial charge in [-0.25, -0.2) is 4.98 Å². The summed E-state index contributed by atoms with van der Waals surface area (Å²) >= 11 is 1.83. The van der Waals surface area contributed by atoms with E-state index in [1.807, 2.05) is 23.9 Å². The number of fused-ring (bicyclic) bond motifs is 1. The molecule has 3 nitrogen and oxygen atoms in total. The van der Waals surface area contributed by atoms with E-state index in [1.54, 1.807) is 0 Å². The topological polar surface area (TPSA) is 31.9 Å². The molecule has 1 aromatic carbocycles. The lowest BCUT2D eigenvalue weighted by atomic mass is 10.1. The summed E-state index contributed by atoms with van der Waals surface area (Å²) in [7, 11) is 0. The van der Waals surface area contributed by atoms with E-state index >= 15 is 0 Å². The van der Waals surface area contributed by atoms with E-state index in [1.165, 1.54) is 38.9 Å². The molecular weight excluding hydrogens is 242 g/mol. The molecule has 0 bridgehead atoms. The summed E-state index contributed by atoms with van der Waals surface area (Å²) in [6.45, 7) is 3.74. The molecule has 3 rings (SSSR count). The number of hydrogen-bond donors (Lipinski definition) is 1. The molecule has 1 fully saturated rings. The van der Waals surface area contributed by atoms with Crippen LogP contribution in [0.1, 0.15) is 19.3 Å². The zero-order chi connectivity index (χ0) is 12.2. The molecule has 1 saturated heterocycles. The lowest BCUT2D eigenvalue weighted by Gasteiger charge is -2.25. The van der Waals surface area contributed by atoms with Gasteiger partial charge in [0.05, 0.1) is 11.0 Å². The van der Waals surface area contributed by atoms with Crippen LogP contribution in [0.25, 0.3) is 11.0 Å². The minimum absolute atomic E-state index is 1.05. The van der Waals surface area contributed by atoms with Crippen LogP contribution in [0, 0.1) is 0 Å². The van der Waals surface area contributed by atoms with E-state index in [0.29, 0.717) is 0 Å². The van der Waals surface area contributed by atoms with E-state index in [0.717, 1.165) is 21.9 Å². The van der Waals surface area contributed by atoms with Gasteiger partial charge in [-0.2, -0.15) is 0 Å². The van der Waals surface area contributed by atoms with Crippen LogP contribution >= 0.6 is 11.8 Å². The summed E-state index contributed by atoms with van der Waals surface area (Å²) < 4.78 is 0. The zero-order valence-electron chi connectivity index (χ0n) is 10.6. The van der Waals surface area contributed by atoms with E-state index in [-0.39, 0.29) is 0 Å². The molecule has 96 valence electrons. The first-order valence-electron chi connectivity index (χ1n) is 6.72. The normalized spacial score (nSPS) is 17.3. The molecule has 0 unspecified atom stereocenters. The van der Waals surface area contributed by atoms with Crippen molar-refractivity contribution < 1.29 is 0 Å². The third-order valence-corrected chi connectivity index (χ3v) is 4.32. The number of aromatic amines is 1. The Bertz CT molecular complexity index is 469. The third kappa shape index (κ3) is 2.87. The van der Waals surface area contributed by atoms with Gasteiger partial charge < -0.3 is 9.88 Å². The number of para-hydroxylation sites is 2. The number of nitrogens with one attached hydrogen (secondary N) is 1. The molecule has 1 aromatic heterocycles. The van der Waals surface area contributed by atoms with Crippen molar-refractivity contribution in [1.29, 1.82) is 0 Å². The fourth-order valence-corrected chi connectivity index (χ4v) is 3.34. The molecule has 0 amide bonds. The van der Waals surface area contributed by atoms with Gasteiger partial charge in [0.2, 0.25) is 0 Å². The average Bonchev–Trinajstić information content (AvgIpc) is 2.82. The van der Waals surface area contributed by atoms with Gasteiger partial charge in [-0.3, -0.25) is 0 Å². The Balaban J connectivity index is 1.53. The highest BCUT2D eigenvalue weighted by molar-refractivity contribution is 7.99. The van der Waals surface area contributed by atoms with Crippen LogP contribution in [0.4, 0.5) is 0 Å². The first-order chi connectivity index (χ1) is 8.92. The van der Waals surface area contributed by atoms with Crippen molar-refractivity contribution in [1.82, 2.24) is 14.9 Å². The van der Waals surface area contributed by atoms with Crippen LogP contribution in [0.3, 0.4) is 0 Å². The SMILES string of the molecule is c1ccc2[nH]c(SCCN3CCCCC3)nc2c1. The molecule has 2 aromatic rings. The first kappa shape index (κ1) is 12.1. The van der Waals surface area contributed by atoms with Crippen LogP contribution in [-0.4, -0.2) is 40.3 Å². The van der Waals surface area contributed by atoms with E-state index in [9.17, 15) is 0 Å². The second-order valence-electron chi connectivity index (χ2n) is 4.81. The number of benzene rings is 1. The summed E-state index contributed by atoms with van der Waals surface area (Å²) in [4.78, 5) is 10.5. The quantitative estimate of drug-likeness (QED) is 0.858. The van der Waals surface area contributed by atoms with Gasteiger partial charge in [-0.05, 0) is 38.1 Å². The number of thioether (sulfide) groups is 1. The van der Waals surface area contributed by atoms with Crippen LogP contribution in [-0.2, 0) is 0 Å². The summed E-state index contributed by atoms with van der Waals surface area (Å²) in [6, 6.07) is 8.21. The van der Waals surface area contributed by atoms with Crippen LogP contribution in [0.5, 0.6) is 0 Å². The fourth-order valence-electron chi connectivity index (χ4n) is 2.45. The molecule has 2 heterocycles. The van der Waals surface area contributed by atoms with Crippen molar-refractivity contribution in [3.63, 3.8) is 0 Å². The number of piperidine rings is 1. The van der Waals surface area contributed by atoms with Crippen molar-refractivity contribution >= 4 is 22.8 Å². The molecule has 1 aliphatic rings. The smallest absolute Gasteiger partial charge is 0.166 e. The maximum Gasteiger partial charge on any atom is 0.166 e. The predicted octanol–water partition coefficient (Wildman–Crippen LogP) is 3.14. The van der Waals surface area contributed by atoms with Gasteiger partial charge in [0.25, 0.3) is 0 Å². The number of H-pyrrole nitrogens is 1. The standard InChI is InChI=1S/C14H19N3S/c1-4-8-17(9-5-1)10-11-18-14-15-12-6-2-3-7-13(12)16-14/h2-3,6-7H,1,4-5,8-11H2,(H,15,16). The molecule has 4 heteroatoms. The molecule has 0 radical (unpaired) electrons.